The van der Waals surface area contributed by atoms with E-state index in [9.17, 15) is 14.4 Å². The molecule has 0 atom stereocenters. The van der Waals surface area contributed by atoms with E-state index in [2.05, 4.69) is 24.3 Å². The highest BCUT2D eigenvalue weighted by Crippen LogP contribution is 2.18. The molecule has 3 aromatic heterocycles. The Kier molecular flexibility index (Phi) is 5.53. The molecule has 0 unspecified atom stereocenters. The highest BCUT2D eigenvalue weighted by atomic mass is 32.1. The normalized spacial score (nSPS) is 11.8. The molecule has 9 heteroatoms. The first kappa shape index (κ1) is 21.0. The second kappa shape index (κ2) is 8.14. The fourth-order valence-corrected chi connectivity index (χ4v) is 4.38. The van der Waals surface area contributed by atoms with Crippen molar-refractivity contribution in [3.8, 4) is 0 Å². The highest BCUT2D eigenvalue weighted by molar-refractivity contribution is 7.17. The van der Waals surface area contributed by atoms with E-state index in [1.165, 1.54) is 25.9 Å². The number of hydrogen-bond acceptors (Lipinski definition) is 5. The summed E-state index contributed by atoms with van der Waals surface area (Å²) in [5.41, 5.74) is 1.74. The van der Waals surface area contributed by atoms with Crippen molar-refractivity contribution in [2.24, 2.45) is 5.92 Å². The van der Waals surface area contributed by atoms with Crippen LogP contribution in [0.3, 0.4) is 0 Å². The Bertz CT molecular complexity index is 1370. The number of nitrogens with zero attached hydrogens (tertiary/aromatic N) is 4. The van der Waals surface area contributed by atoms with Gasteiger partial charge in [-0.15, -0.1) is 16.4 Å². The van der Waals surface area contributed by atoms with Crippen LogP contribution in [0.15, 0.2) is 45.3 Å². The van der Waals surface area contributed by atoms with Crippen LogP contribution in [0.1, 0.15) is 39.2 Å². The maximum Gasteiger partial charge on any atom is 0.352 e. The van der Waals surface area contributed by atoms with Crippen LogP contribution in [0, 0.1) is 5.92 Å². The van der Waals surface area contributed by atoms with Crippen LogP contribution in [0.2, 0.25) is 0 Å². The molecular weight excluding hydrogens is 414 g/mol. The average Bonchev–Trinajstić information content (AvgIpc) is 3.31. The molecule has 0 spiro atoms. The molecule has 0 bridgehead atoms. The SMILES string of the molecule is CC(C)Cn1c(=O)c2sccc2n2c(=O)n(CC(=O)Nc3ccc(C(C)C)cc3)nc12. The van der Waals surface area contributed by atoms with Crippen molar-refractivity contribution in [1.29, 1.82) is 0 Å². The molecule has 0 saturated heterocycles. The lowest BCUT2D eigenvalue weighted by Gasteiger charge is -2.09. The summed E-state index contributed by atoms with van der Waals surface area (Å²) in [5, 5.41) is 8.93. The molecule has 1 amide bonds. The fourth-order valence-electron chi connectivity index (χ4n) is 3.55. The van der Waals surface area contributed by atoms with Crippen LogP contribution in [0.25, 0.3) is 16.0 Å². The number of aromatic nitrogens is 4. The standard InChI is InChI=1S/C22H25N5O3S/c1-13(2)11-25-20(29)19-17(9-10-31-19)27-21(25)24-26(22(27)30)12-18(28)23-16-7-5-15(6-8-16)14(3)4/h5-10,13-14H,11-12H2,1-4H3,(H,23,28). The van der Waals surface area contributed by atoms with Gasteiger partial charge in [-0.2, -0.15) is 0 Å². The van der Waals surface area contributed by atoms with Crippen molar-refractivity contribution in [3.63, 3.8) is 0 Å². The van der Waals surface area contributed by atoms with Gasteiger partial charge in [0.1, 0.15) is 11.2 Å². The number of anilines is 1. The summed E-state index contributed by atoms with van der Waals surface area (Å²) in [6, 6.07) is 9.35. The molecule has 1 N–H and O–H groups in total. The number of thiophene rings is 1. The molecule has 4 aromatic rings. The van der Waals surface area contributed by atoms with Gasteiger partial charge in [0.25, 0.3) is 5.56 Å². The van der Waals surface area contributed by atoms with Gasteiger partial charge in [0, 0.05) is 12.2 Å². The topological polar surface area (TPSA) is 90.4 Å². The summed E-state index contributed by atoms with van der Waals surface area (Å²) in [4.78, 5) is 38.6. The molecule has 0 aliphatic heterocycles. The fraction of sp³-hybridized carbons (Fsp3) is 0.364. The zero-order valence-electron chi connectivity index (χ0n) is 18.0. The largest absolute Gasteiger partial charge is 0.352 e. The Morgan fingerprint density at radius 3 is 2.45 bits per heavy atom. The quantitative estimate of drug-likeness (QED) is 0.499. The summed E-state index contributed by atoms with van der Waals surface area (Å²) in [6.45, 7) is 8.39. The average molecular weight is 440 g/mol. The first-order valence-electron chi connectivity index (χ1n) is 10.3. The molecule has 1 aromatic carbocycles. The third-order valence-corrected chi connectivity index (χ3v) is 5.98. The van der Waals surface area contributed by atoms with Gasteiger partial charge in [-0.25, -0.2) is 13.9 Å². The van der Waals surface area contributed by atoms with Gasteiger partial charge >= 0.3 is 5.69 Å². The van der Waals surface area contributed by atoms with Crippen LogP contribution in [0.5, 0.6) is 0 Å². The van der Waals surface area contributed by atoms with E-state index in [1.54, 1.807) is 11.4 Å². The number of rotatable bonds is 6. The van der Waals surface area contributed by atoms with Crippen LogP contribution >= 0.6 is 11.3 Å². The van der Waals surface area contributed by atoms with Gasteiger partial charge in [0.05, 0.1) is 5.52 Å². The number of nitrogens with one attached hydrogen (secondary N) is 1. The third kappa shape index (κ3) is 3.93. The van der Waals surface area contributed by atoms with E-state index in [0.717, 1.165) is 4.68 Å². The molecule has 162 valence electrons. The van der Waals surface area contributed by atoms with Gasteiger partial charge in [0.2, 0.25) is 11.7 Å². The van der Waals surface area contributed by atoms with Crippen LogP contribution < -0.4 is 16.6 Å². The highest BCUT2D eigenvalue weighted by Gasteiger charge is 2.20. The number of carbonyl (C=O) groups is 1. The van der Waals surface area contributed by atoms with E-state index in [1.807, 2.05) is 38.1 Å². The van der Waals surface area contributed by atoms with Crippen LogP contribution in [-0.2, 0) is 17.9 Å². The van der Waals surface area contributed by atoms with Gasteiger partial charge < -0.3 is 5.32 Å². The second-order valence-electron chi connectivity index (χ2n) is 8.35. The molecule has 0 aliphatic carbocycles. The third-order valence-electron chi connectivity index (χ3n) is 5.09. The lowest BCUT2D eigenvalue weighted by atomic mass is 10.0. The molecular formula is C22H25N5O3S. The van der Waals surface area contributed by atoms with Gasteiger partial charge in [-0.1, -0.05) is 39.8 Å². The predicted molar refractivity (Wildman–Crippen MR) is 123 cm³/mol. The van der Waals surface area contributed by atoms with Crippen molar-refractivity contribution in [2.75, 3.05) is 5.32 Å². The maximum absolute atomic E-state index is 13.1. The number of hydrogen-bond donors (Lipinski definition) is 1. The van der Waals surface area contributed by atoms with E-state index in [0.29, 0.717) is 28.4 Å². The predicted octanol–water partition coefficient (Wildman–Crippen LogP) is 3.29. The Morgan fingerprint density at radius 2 is 1.81 bits per heavy atom. The minimum atomic E-state index is -0.443. The lowest BCUT2D eigenvalue weighted by Crippen LogP contribution is -2.29. The molecule has 0 radical (unpaired) electrons. The van der Waals surface area contributed by atoms with Crippen molar-refractivity contribution < 1.29 is 4.79 Å². The Hall–Kier alpha value is -3.20. The number of benzene rings is 1. The van der Waals surface area contributed by atoms with Crippen molar-refractivity contribution >= 4 is 38.9 Å². The molecule has 0 aliphatic rings. The second-order valence-corrected chi connectivity index (χ2v) is 9.26. The first-order valence-corrected chi connectivity index (χ1v) is 11.1. The minimum Gasteiger partial charge on any atom is -0.324 e. The monoisotopic (exact) mass is 439 g/mol. The number of carbonyl (C=O) groups excluding carboxylic acids is 1. The van der Waals surface area contributed by atoms with E-state index in [4.69, 9.17) is 0 Å². The Morgan fingerprint density at radius 1 is 1.10 bits per heavy atom. The minimum absolute atomic E-state index is 0.168. The molecule has 3 heterocycles. The van der Waals surface area contributed by atoms with Crippen molar-refractivity contribution in [1.82, 2.24) is 18.7 Å². The van der Waals surface area contributed by atoms with E-state index in [-0.39, 0.29) is 29.7 Å². The number of fused-ring (bicyclic) bond motifs is 3. The van der Waals surface area contributed by atoms with Gasteiger partial charge in [0.15, 0.2) is 0 Å². The van der Waals surface area contributed by atoms with Crippen LogP contribution in [-0.4, -0.2) is 24.7 Å². The zero-order valence-corrected chi connectivity index (χ0v) is 18.8. The van der Waals surface area contributed by atoms with Crippen LogP contribution in [0.4, 0.5) is 5.69 Å². The maximum atomic E-state index is 13.1. The van der Waals surface area contributed by atoms with E-state index >= 15 is 0 Å². The smallest absolute Gasteiger partial charge is 0.324 e. The zero-order chi connectivity index (χ0) is 22.3. The summed E-state index contributed by atoms with van der Waals surface area (Å²) in [6.07, 6.45) is 0. The summed E-state index contributed by atoms with van der Waals surface area (Å²) in [7, 11) is 0. The van der Waals surface area contributed by atoms with Crippen molar-refractivity contribution in [3.05, 3.63) is 62.1 Å². The molecule has 31 heavy (non-hydrogen) atoms. The molecule has 0 saturated carbocycles. The number of amides is 1. The van der Waals surface area contributed by atoms with Crippen molar-refractivity contribution in [2.45, 2.75) is 46.7 Å². The van der Waals surface area contributed by atoms with Gasteiger partial charge in [-0.3, -0.25) is 14.2 Å². The molecule has 4 rings (SSSR count). The lowest BCUT2D eigenvalue weighted by molar-refractivity contribution is -0.117. The first-order chi connectivity index (χ1) is 14.8. The van der Waals surface area contributed by atoms with E-state index < -0.39 is 5.69 Å². The summed E-state index contributed by atoms with van der Waals surface area (Å²) >= 11 is 1.30. The summed E-state index contributed by atoms with van der Waals surface area (Å²) in [5.74, 6) is 0.487. The Balaban J connectivity index is 1.70. The Labute approximate surface area is 182 Å². The molecule has 8 nitrogen and oxygen atoms in total. The van der Waals surface area contributed by atoms with Gasteiger partial charge in [-0.05, 0) is 41.0 Å². The molecule has 0 fully saturated rings. The summed E-state index contributed by atoms with van der Waals surface area (Å²) < 4.78 is 4.55.